The Labute approximate surface area is 138 Å². The lowest BCUT2D eigenvalue weighted by atomic mass is 10.0. The lowest BCUT2D eigenvalue weighted by Crippen LogP contribution is -2.36. The lowest BCUT2D eigenvalue weighted by molar-refractivity contribution is -0.246. The number of hydrogen-bond donors (Lipinski definition) is 1. The quantitative estimate of drug-likeness (QED) is 0.727. The Morgan fingerprint density at radius 1 is 1.12 bits per heavy atom. The first-order valence-corrected chi connectivity index (χ1v) is 7.15. The fourth-order valence-electron chi connectivity index (χ4n) is 2.69. The molecule has 0 spiro atoms. The van der Waals surface area contributed by atoms with Gasteiger partial charge in [-0.25, -0.2) is 4.39 Å². The Hall–Kier alpha value is -1.86. The highest BCUT2D eigenvalue weighted by molar-refractivity contribution is 6.30. The average Bonchev–Trinajstić information content (AvgIpc) is 2.59. The Balaban J connectivity index is 2.07. The fourth-order valence-corrected chi connectivity index (χ4v) is 2.90. The molecule has 2 nitrogen and oxygen atoms in total. The van der Waals surface area contributed by atoms with Crippen LogP contribution in [-0.2, 0) is 5.92 Å². The molecule has 8 heteroatoms. The first kappa shape index (κ1) is 17.0. The van der Waals surface area contributed by atoms with Gasteiger partial charge >= 0.3 is 11.8 Å². The SMILES string of the molecule is Cc1c(Oc2cc(F)cc(Cl)c2)ccc2c1C(O)C(F)(F)C2(F)F. The number of alkyl halides is 4. The standard InChI is InChI=1S/C16H10ClF5O2/c1-7-12(24-10-5-8(17)4-9(18)6-10)3-2-11-13(7)14(23)16(21,22)15(11,19)20/h2-6,14,23H,1H3. The third-order valence-corrected chi connectivity index (χ3v) is 4.12. The number of benzene rings is 2. The molecule has 0 saturated carbocycles. The predicted molar refractivity (Wildman–Crippen MR) is 76.5 cm³/mol. The third kappa shape index (κ3) is 2.34. The van der Waals surface area contributed by atoms with Gasteiger partial charge in [0.25, 0.3) is 0 Å². The van der Waals surface area contributed by atoms with E-state index >= 15 is 0 Å². The van der Waals surface area contributed by atoms with E-state index in [9.17, 15) is 27.1 Å². The molecule has 24 heavy (non-hydrogen) atoms. The molecule has 2 aromatic rings. The first-order chi connectivity index (χ1) is 11.1. The number of ether oxygens (including phenoxy) is 1. The lowest BCUT2D eigenvalue weighted by Gasteiger charge is -2.21. The van der Waals surface area contributed by atoms with Crippen LogP contribution in [0, 0.1) is 12.7 Å². The Bertz CT molecular complexity index is 802. The highest BCUT2D eigenvalue weighted by Gasteiger charge is 2.69. The van der Waals surface area contributed by atoms with Crippen molar-refractivity contribution in [1.29, 1.82) is 0 Å². The summed E-state index contributed by atoms with van der Waals surface area (Å²) in [7, 11) is 0. The van der Waals surface area contributed by atoms with Crippen molar-refractivity contribution in [2.45, 2.75) is 24.9 Å². The minimum absolute atomic E-state index is 0.0333. The van der Waals surface area contributed by atoms with Gasteiger partial charge in [-0.15, -0.1) is 0 Å². The second-order valence-electron chi connectivity index (χ2n) is 5.46. The second-order valence-corrected chi connectivity index (χ2v) is 5.89. The van der Waals surface area contributed by atoms with E-state index in [2.05, 4.69) is 0 Å². The maximum atomic E-state index is 13.8. The van der Waals surface area contributed by atoms with Gasteiger partial charge < -0.3 is 9.84 Å². The molecular formula is C16H10ClF5O2. The van der Waals surface area contributed by atoms with Gasteiger partial charge in [-0.05, 0) is 36.8 Å². The summed E-state index contributed by atoms with van der Waals surface area (Å²) < 4.78 is 73.5. The van der Waals surface area contributed by atoms with Crippen molar-refractivity contribution < 1.29 is 31.8 Å². The van der Waals surface area contributed by atoms with Crippen LogP contribution in [0.15, 0.2) is 30.3 Å². The number of halogens is 6. The Morgan fingerprint density at radius 3 is 2.42 bits per heavy atom. The van der Waals surface area contributed by atoms with Crippen molar-refractivity contribution >= 4 is 11.6 Å². The summed E-state index contributed by atoms with van der Waals surface area (Å²) in [5, 5.41) is 9.68. The molecule has 1 N–H and O–H groups in total. The maximum Gasteiger partial charge on any atom is 0.343 e. The number of rotatable bonds is 2. The van der Waals surface area contributed by atoms with E-state index < -0.39 is 34.9 Å². The van der Waals surface area contributed by atoms with Gasteiger partial charge in [0.15, 0.2) is 6.10 Å². The molecule has 1 aliphatic rings. The second kappa shape index (κ2) is 5.32. The first-order valence-electron chi connectivity index (χ1n) is 6.77. The fraction of sp³-hybridized carbons (Fsp3) is 0.250. The number of hydrogen-bond acceptors (Lipinski definition) is 2. The third-order valence-electron chi connectivity index (χ3n) is 3.90. The van der Waals surface area contributed by atoms with Crippen LogP contribution in [0.1, 0.15) is 22.8 Å². The van der Waals surface area contributed by atoms with E-state index in [0.717, 1.165) is 24.3 Å². The topological polar surface area (TPSA) is 29.5 Å². The maximum absolute atomic E-state index is 13.8. The van der Waals surface area contributed by atoms with E-state index in [1.807, 2.05) is 0 Å². The van der Waals surface area contributed by atoms with E-state index in [1.54, 1.807) is 0 Å². The molecule has 1 atom stereocenters. The molecule has 0 aromatic heterocycles. The summed E-state index contributed by atoms with van der Waals surface area (Å²) in [5.74, 6) is -9.90. The molecule has 0 bridgehead atoms. The average molecular weight is 365 g/mol. The molecular weight excluding hydrogens is 355 g/mol. The van der Waals surface area contributed by atoms with Crippen LogP contribution in [0.25, 0.3) is 0 Å². The van der Waals surface area contributed by atoms with Crippen molar-refractivity contribution in [3.8, 4) is 11.5 Å². The van der Waals surface area contributed by atoms with Crippen molar-refractivity contribution in [3.63, 3.8) is 0 Å². The molecule has 3 rings (SSSR count). The normalized spacial score (nSPS) is 20.8. The van der Waals surface area contributed by atoms with Crippen LogP contribution in [0.2, 0.25) is 5.02 Å². The molecule has 1 unspecified atom stereocenters. The van der Waals surface area contributed by atoms with E-state index in [1.165, 1.54) is 13.0 Å². The highest BCUT2D eigenvalue weighted by Crippen LogP contribution is 2.59. The van der Waals surface area contributed by atoms with E-state index in [-0.39, 0.29) is 22.1 Å². The van der Waals surface area contributed by atoms with E-state index in [4.69, 9.17) is 16.3 Å². The Morgan fingerprint density at radius 2 is 1.79 bits per heavy atom. The molecule has 0 amide bonds. The molecule has 128 valence electrons. The molecule has 0 saturated heterocycles. The largest absolute Gasteiger partial charge is 0.457 e. The monoisotopic (exact) mass is 364 g/mol. The van der Waals surface area contributed by atoms with E-state index in [0.29, 0.717) is 0 Å². The molecule has 0 heterocycles. The summed E-state index contributed by atoms with van der Waals surface area (Å²) in [6, 6.07) is 5.14. The van der Waals surface area contributed by atoms with Gasteiger partial charge in [-0.3, -0.25) is 0 Å². The van der Waals surface area contributed by atoms with Crippen LogP contribution >= 0.6 is 11.6 Å². The smallest absolute Gasteiger partial charge is 0.343 e. The van der Waals surface area contributed by atoms with Gasteiger partial charge in [0.2, 0.25) is 0 Å². The molecule has 0 aliphatic heterocycles. The minimum Gasteiger partial charge on any atom is -0.457 e. The number of aliphatic hydroxyl groups excluding tert-OH is 1. The molecule has 1 aliphatic carbocycles. The van der Waals surface area contributed by atoms with Crippen LogP contribution < -0.4 is 4.74 Å². The Kier molecular flexibility index (Phi) is 3.77. The summed E-state index contributed by atoms with van der Waals surface area (Å²) >= 11 is 5.69. The van der Waals surface area contributed by atoms with Gasteiger partial charge in [0, 0.05) is 22.2 Å². The molecule has 2 aromatic carbocycles. The molecule has 0 fully saturated rings. The molecule has 0 radical (unpaired) electrons. The summed E-state index contributed by atoms with van der Waals surface area (Å²) in [5.41, 5.74) is -1.63. The van der Waals surface area contributed by atoms with Crippen LogP contribution in [0.5, 0.6) is 11.5 Å². The highest BCUT2D eigenvalue weighted by atomic mass is 35.5. The van der Waals surface area contributed by atoms with Crippen molar-refractivity contribution in [2.75, 3.05) is 0 Å². The van der Waals surface area contributed by atoms with Gasteiger partial charge in [0.1, 0.15) is 17.3 Å². The van der Waals surface area contributed by atoms with Crippen LogP contribution in [0.3, 0.4) is 0 Å². The van der Waals surface area contributed by atoms with Crippen molar-refractivity contribution in [3.05, 3.63) is 57.9 Å². The number of fused-ring (bicyclic) bond motifs is 1. The number of aliphatic hydroxyl groups is 1. The van der Waals surface area contributed by atoms with Crippen LogP contribution in [-0.4, -0.2) is 11.0 Å². The zero-order valence-corrected chi connectivity index (χ0v) is 12.8. The minimum atomic E-state index is -4.62. The summed E-state index contributed by atoms with van der Waals surface area (Å²) in [4.78, 5) is 0. The summed E-state index contributed by atoms with van der Waals surface area (Å²) in [6.45, 7) is 1.26. The van der Waals surface area contributed by atoms with Gasteiger partial charge in [-0.2, -0.15) is 17.6 Å². The summed E-state index contributed by atoms with van der Waals surface area (Å²) in [6.07, 6.45) is -2.66. The zero-order valence-electron chi connectivity index (χ0n) is 12.1. The predicted octanol–water partition coefficient (Wildman–Crippen LogP) is 5.35. The van der Waals surface area contributed by atoms with Crippen LogP contribution in [0.4, 0.5) is 22.0 Å². The zero-order chi connectivity index (χ0) is 17.9. The van der Waals surface area contributed by atoms with Gasteiger partial charge in [0.05, 0.1) is 0 Å². The van der Waals surface area contributed by atoms with Crippen molar-refractivity contribution in [2.24, 2.45) is 0 Å². The van der Waals surface area contributed by atoms with Gasteiger partial charge in [-0.1, -0.05) is 11.6 Å². The van der Waals surface area contributed by atoms with Crippen molar-refractivity contribution in [1.82, 2.24) is 0 Å².